The van der Waals surface area contributed by atoms with E-state index in [1.165, 1.54) is 108 Å². The Kier molecular flexibility index (Phi) is 20.1. The number of unbranched alkanes of at least 4 members (excludes halogenated alkanes) is 6. The number of hydrogen-bond acceptors (Lipinski definition) is 5. The van der Waals surface area contributed by atoms with Gasteiger partial charge in [-0.25, -0.2) is 15.0 Å². The second kappa shape index (κ2) is 26.0. The second-order valence-electron chi connectivity index (χ2n) is 26.9. The average Bonchev–Trinajstić information content (AvgIpc) is 1.89. The molecule has 2 heterocycles. The number of aromatic nitrogens is 4. The molecule has 82 heavy (non-hydrogen) atoms. The second-order valence-corrected chi connectivity index (χ2v) is 26.9. The first-order valence-electron chi connectivity index (χ1n) is 29.9. The molecule has 1 unspecified atom stereocenters. The van der Waals surface area contributed by atoms with Crippen LogP contribution in [0, 0.1) is 16.9 Å². The number of fused-ring (bicyclic) bond motifs is 4. The van der Waals surface area contributed by atoms with Gasteiger partial charge in [0, 0.05) is 53.8 Å². The summed E-state index contributed by atoms with van der Waals surface area (Å²) in [7, 11) is 0. The fourth-order valence-electron chi connectivity index (χ4n) is 10.9. The summed E-state index contributed by atoms with van der Waals surface area (Å²) in [6.07, 6.45) is 15.7. The SMILES string of the molecule is CC(C)(C)C(=[OH+])/C=C(\O)C(C)(C)C.CCCCCCc1cc(CCCCCC)cc(C2(C)c3ccccc3-c3c[c-]c(-c4ncc(-c5nc(-c6ccc(C(C)(C)C)cc6)nc(-c6ccc(C(C)(C)C)cc6)n5)c5ccccc45)cc32)c1.[Ir]. The molecule has 1 aliphatic carbocycles. The molecule has 1 atom stereocenters. The Bertz CT molecular complexity index is 3420. The standard InChI is InChI=1S/C64H69N4.C11H20O2.Ir/c1-10-12-14-16-22-43-38-44(23-17-15-13-11-2)40-50(39-43)64(9)56-27-21-20-25-52(56)53-37-32-47(41-57(53)64)58-54-26-19-18-24-51(54)55(42-65-58)61-67-59(45-28-33-48(34-29-45)62(3,4)5)66-60(68-61)46-30-35-49(36-31-46)63(6,7)8;1-10(2,3)8(12)7-9(13)11(4,5)6;/h18-21,24-31,33-42H,10-17,22-23H2,1-9H3;7,12H,1-6H3;/q-1;;/p+1/b;8-7-;. The van der Waals surface area contributed by atoms with Crippen LogP contribution in [0.4, 0.5) is 0 Å². The Morgan fingerprint density at radius 2 is 1.05 bits per heavy atom. The average molecular weight is 1270 g/mol. The van der Waals surface area contributed by atoms with Crippen molar-refractivity contribution in [2.75, 3.05) is 0 Å². The van der Waals surface area contributed by atoms with Crippen molar-refractivity contribution in [3.05, 3.63) is 190 Å². The summed E-state index contributed by atoms with van der Waals surface area (Å²) in [4.78, 5) is 30.5. The summed E-state index contributed by atoms with van der Waals surface area (Å²) in [5.41, 5.74) is 15.8. The van der Waals surface area contributed by atoms with Gasteiger partial charge in [0.15, 0.2) is 17.5 Å². The summed E-state index contributed by atoms with van der Waals surface area (Å²) in [5, 5.41) is 11.7. The van der Waals surface area contributed by atoms with Crippen molar-refractivity contribution in [1.82, 2.24) is 19.9 Å². The molecule has 1 aliphatic rings. The normalized spacial score (nSPS) is 14.4. The number of rotatable bonds is 16. The number of aliphatic hydroxyl groups is 1. The van der Waals surface area contributed by atoms with E-state index in [9.17, 15) is 9.90 Å². The molecule has 431 valence electrons. The van der Waals surface area contributed by atoms with Gasteiger partial charge >= 0.3 is 5.78 Å². The molecule has 6 nitrogen and oxygen atoms in total. The van der Waals surface area contributed by atoms with Crippen molar-refractivity contribution in [3.8, 4) is 56.5 Å². The third-order valence-electron chi connectivity index (χ3n) is 16.3. The van der Waals surface area contributed by atoms with Crippen LogP contribution in [0.2, 0.25) is 0 Å². The van der Waals surface area contributed by atoms with Gasteiger partial charge in [0.05, 0.1) is 11.5 Å². The third kappa shape index (κ3) is 14.5. The molecule has 1 radical (unpaired) electrons. The molecule has 0 saturated carbocycles. The van der Waals surface area contributed by atoms with Gasteiger partial charge in [-0.3, -0.25) is 4.79 Å². The number of allylic oxidation sites excluding steroid dienone is 2. The topological polar surface area (TPSA) is 93.2 Å². The molecule has 2 aromatic heterocycles. The summed E-state index contributed by atoms with van der Waals surface area (Å²) in [6, 6.07) is 50.9. The van der Waals surface area contributed by atoms with Crippen LogP contribution in [0.3, 0.4) is 0 Å². The first-order chi connectivity index (χ1) is 38.3. The van der Waals surface area contributed by atoms with Crippen LogP contribution >= 0.6 is 0 Å². The Morgan fingerprint density at radius 3 is 1.55 bits per heavy atom. The van der Waals surface area contributed by atoms with Crippen LogP contribution < -0.4 is 0 Å². The predicted molar refractivity (Wildman–Crippen MR) is 343 cm³/mol. The van der Waals surface area contributed by atoms with E-state index in [-0.39, 0.29) is 58.7 Å². The van der Waals surface area contributed by atoms with Crippen molar-refractivity contribution in [1.29, 1.82) is 0 Å². The van der Waals surface area contributed by atoms with Crippen molar-refractivity contribution < 1.29 is 30.0 Å². The monoisotopic (exact) mass is 1270 g/mol. The van der Waals surface area contributed by atoms with Crippen LogP contribution in [-0.4, -0.2) is 35.6 Å². The molecule has 0 bridgehead atoms. The van der Waals surface area contributed by atoms with Gasteiger partial charge in [-0.15, -0.1) is 29.3 Å². The van der Waals surface area contributed by atoms with Gasteiger partial charge in [0.1, 0.15) is 5.76 Å². The quantitative estimate of drug-likeness (QED) is 0.0342. The summed E-state index contributed by atoms with van der Waals surface area (Å²) >= 11 is 0. The van der Waals surface area contributed by atoms with E-state index in [2.05, 4.69) is 196 Å². The van der Waals surface area contributed by atoms with Crippen LogP contribution in [0.15, 0.2) is 145 Å². The van der Waals surface area contributed by atoms with Gasteiger partial charge in [-0.05, 0) is 114 Å². The van der Waals surface area contributed by atoms with Gasteiger partial charge in [0.2, 0.25) is 0 Å². The van der Waals surface area contributed by atoms with Crippen LogP contribution in [0.5, 0.6) is 0 Å². The minimum Gasteiger partial charge on any atom is -0.511 e. The van der Waals surface area contributed by atoms with Gasteiger partial charge in [-0.2, -0.15) is 0 Å². The van der Waals surface area contributed by atoms with E-state index in [1.54, 1.807) is 0 Å². The fourth-order valence-corrected chi connectivity index (χ4v) is 10.9. The van der Waals surface area contributed by atoms with Gasteiger partial charge in [0.25, 0.3) is 0 Å². The summed E-state index contributed by atoms with van der Waals surface area (Å²) in [6.45, 7) is 31.9. The molecular weight excluding hydrogens is 1180 g/mol. The molecule has 0 fully saturated rings. The Morgan fingerprint density at radius 1 is 0.549 bits per heavy atom. The third-order valence-corrected chi connectivity index (χ3v) is 16.3. The number of aryl methyl sites for hydroxylation is 2. The van der Waals surface area contributed by atoms with E-state index in [0.717, 1.165) is 51.6 Å². The molecule has 0 saturated heterocycles. The van der Waals surface area contributed by atoms with Gasteiger partial charge in [-0.1, -0.05) is 241 Å². The van der Waals surface area contributed by atoms with Crippen LogP contribution in [0.25, 0.3) is 67.3 Å². The first kappa shape index (κ1) is 63.2. The van der Waals surface area contributed by atoms with Crippen molar-refractivity contribution >= 4 is 16.6 Å². The van der Waals surface area contributed by atoms with E-state index < -0.39 is 0 Å². The number of ketones is 1. The smallest absolute Gasteiger partial charge is 0.325 e. The number of carbonyl (C=O) groups excluding carboxylic acids is 1. The zero-order valence-corrected chi connectivity index (χ0v) is 54.3. The predicted octanol–water partition coefficient (Wildman–Crippen LogP) is 20.1. The largest absolute Gasteiger partial charge is 0.511 e. The minimum absolute atomic E-state index is 0. The Balaban J connectivity index is 0.000000616. The maximum atomic E-state index is 9.60. The number of pyridine rings is 1. The number of nitrogens with zero attached hydrogens (tertiary/aromatic N) is 4. The van der Waals surface area contributed by atoms with E-state index in [1.807, 2.05) is 47.7 Å². The van der Waals surface area contributed by atoms with Crippen molar-refractivity contribution in [2.24, 2.45) is 10.8 Å². The van der Waals surface area contributed by atoms with E-state index in [0.29, 0.717) is 17.5 Å². The molecule has 0 amide bonds. The number of hydrogen-bond donors (Lipinski definition) is 1. The van der Waals surface area contributed by atoms with Gasteiger partial charge < -0.3 is 10.1 Å². The van der Waals surface area contributed by atoms with Crippen LogP contribution in [0.1, 0.15) is 194 Å². The number of benzene rings is 6. The zero-order chi connectivity index (χ0) is 58.5. The fraction of sp³-hybridized carbons (Fsp3) is 0.400. The minimum atomic E-state index is -0.350. The molecular formula is C75H90IrN4O2. The first-order valence-corrected chi connectivity index (χ1v) is 29.9. The van der Waals surface area contributed by atoms with Crippen molar-refractivity contribution in [2.45, 2.75) is 184 Å². The molecule has 8 aromatic rings. The Labute approximate surface area is 505 Å². The van der Waals surface area contributed by atoms with Crippen LogP contribution in [-0.2, 0) is 49.2 Å². The van der Waals surface area contributed by atoms with Crippen molar-refractivity contribution in [3.63, 3.8) is 0 Å². The molecule has 2 N–H and O–H groups in total. The molecule has 9 rings (SSSR count). The van der Waals surface area contributed by atoms with E-state index in [4.69, 9.17) is 19.9 Å². The summed E-state index contributed by atoms with van der Waals surface area (Å²) < 4.78 is 0. The Hall–Kier alpha value is -6.40. The molecule has 0 aliphatic heterocycles. The van der Waals surface area contributed by atoms with E-state index >= 15 is 0 Å². The maximum absolute atomic E-state index is 9.60. The molecule has 6 aromatic carbocycles. The molecule has 0 spiro atoms. The maximum Gasteiger partial charge on any atom is 0.325 e. The number of aliphatic hydroxyl groups excluding tert-OH is 1. The summed E-state index contributed by atoms with van der Waals surface area (Å²) in [5.74, 6) is 2.29. The zero-order valence-electron chi connectivity index (χ0n) is 51.9. The molecule has 7 heteroatoms.